The highest BCUT2D eigenvalue weighted by Crippen LogP contribution is 2.30. The highest BCUT2D eigenvalue weighted by molar-refractivity contribution is 5.94. The Morgan fingerprint density at radius 2 is 1.73 bits per heavy atom. The average Bonchev–Trinajstić information content (AvgIpc) is 2.50. The van der Waals surface area contributed by atoms with Crippen LogP contribution in [0.25, 0.3) is 10.9 Å². The van der Waals surface area contributed by atoms with Crippen molar-refractivity contribution in [3.8, 4) is 5.75 Å². The second-order valence-corrected chi connectivity index (χ2v) is 5.62. The fraction of sp³-hybridized carbons (Fsp3) is 0.211. The van der Waals surface area contributed by atoms with Gasteiger partial charge in [-0.25, -0.2) is 0 Å². The highest BCUT2D eigenvalue weighted by atomic mass is 16.5. The summed E-state index contributed by atoms with van der Waals surface area (Å²) in [5.41, 5.74) is 6.65. The number of aryl methyl sites for hydroxylation is 3. The molecule has 1 aromatic heterocycles. The number of benzene rings is 2. The van der Waals surface area contributed by atoms with Crippen molar-refractivity contribution in [1.29, 1.82) is 0 Å². The van der Waals surface area contributed by atoms with Gasteiger partial charge in [0.15, 0.2) is 0 Å². The van der Waals surface area contributed by atoms with Crippen LogP contribution < -0.4 is 10.1 Å². The number of aromatic nitrogens is 1. The molecule has 0 aliphatic carbocycles. The average molecular weight is 292 g/mol. The maximum absolute atomic E-state index is 5.34. The summed E-state index contributed by atoms with van der Waals surface area (Å²) >= 11 is 0. The summed E-state index contributed by atoms with van der Waals surface area (Å²) in [6, 6.07) is 14.4. The van der Waals surface area contributed by atoms with E-state index >= 15 is 0 Å². The lowest BCUT2D eigenvalue weighted by Crippen LogP contribution is -1.96. The number of rotatable bonds is 3. The zero-order chi connectivity index (χ0) is 15.7. The summed E-state index contributed by atoms with van der Waals surface area (Å²) in [6.07, 6.45) is 0. The van der Waals surface area contributed by atoms with Gasteiger partial charge in [0.1, 0.15) is 5.75 Å². The van der Waals surface area contributed by atoms with Gasteiger partial charge in [-0.1, -0.05) is 6.07 Å². The van der Waals surface area contributed by atoms with Crippen molar-refractivity contribution in [1.82, 2.24) is 4.98 Å². The molecule has 3 nitrogen and oxygen atoms in total. The van der Waals surface area contributed by atoms with Crippen molar-refractivity contribution in [2.75, 3.05) is 12.4 Å². The Morgan fingerprint density at radius 1 is 0.909 bits per heavy atom. The highest BCUT2D eigenvalue weighted by Gasteiger charge is 2.07. The number of hydrogen-bond donors (Lipinski definition) is 1. The number of anilines is 2. The van der Waals surface area contributed by atoms with Gasteiger partial charge in [0.05, 0.1) is 12.6 Å². The van der Waals surface area contributed by atoms with E-state index in [1.807, 2.05) is 25.1 Å². The van der Waals surface area contributed by atoms with Crippen molar-refractivity contribution < 1.29 is 4.74 Å². The first-order valence-electron chi connectivity index (χ1n) is 7.36. The van der Waals surface area contributed by atoms with E-state index in [2.05, 4.69) is 48.4 Å². The van der Waals surface area contributed by atoms with Crippen LogP contribution in [0.15, 0.2) is 42.5 Å². The van der Waals surface area contributed by atoms with E-state index in [4.69, 9.17) is 4.74 Å². The third-order valence-electron chi connectivity index (χ3n) is 3.93. The van der Waals surface area contributed by atoms with Crippen LogP contribution in [-0.4, -0.2) is 12.1 Å². The largest absolute Gasteiger partial charge is 0.497 e. The molecule has 0 aliphatic rings. The molecule has 0 unspecified atom stereocenters. The molecule has 0 saturated heterocycles. The topological polar surface area (TPSA) is 34.1 Å². The molecule has 0 aliphatic heterocycles. The minimum absolute atomic E-state index is 0.835. The molecule has 112 valence electrons. The quantitative estimate of drug-likeness (QED) is 0.744. The molecule has 0 bridgehead atoms. The molecular formula is C19H20N2O. The summed E-state index contributed by atoms with van der Waals surface area (Å²) in [5.74, 6) is 0.835. The summed E-state index contributed by atoms with van der Waals surface area (Å²) in [7, 11) is 1.68. The van der Waals surface area contributed by atoms with Crippen molar-refractivity contribution >= 4 is 22.3 Å². The zero-order valence-electron chi connectivity index (χ0n) is 13.4. The van der Waals surface area contributed by atoms with E-state index in [0.29, 0.717) is 0 Å². The molecule has 0 amide bonds. The van der Waals surface area contributed by atoms with Gasteiger partial charge in [-0.2, -0.15) is 0 Å². The lowest BCUT2D eigenvalue weighted by atomic mass is 10.1. The Morgan fingerprint density at radius 3 is 2.45 bits per heavy atom. The van der Waals surface area contributed by atoms with E-state index in [-0.39, 0.29) is 0 Å². The normalized spacial score (nSPS) is 10.7. The number of ether oxygens (including phenoxy) is 1. The van der Waals surface area contributed by atoms with Gasteiger partial charge >= 0.3 is 0 Å². The molecule has 3 aromatic rings. The van der Waals surface area contributed by atoms with E-state index in [1.54, 1.807) is 7.11 Å². The van der Waals surface area contributed by atoms with E-state index in [1.165, 1.54) is 11.1 Å². The predicted molar refractivity (Wildman–Crippen MR) is 92.2 cm³/mol. The molecule has 3 rings (SSSR count). The number of fused-ring (bicyclic) bond motifs is 1. The van der Waals surface area contributed by atoms with Crippen molar-refractivity contribution in [2.45, 2.75) is 20.8 Å². The third-order valence-corrected chi connectivity index (χ3v) is 3.93. The van der Waals surface area contributed by atoms with E-state index in [0.717, 1.165) is 33.7 Å². The Balaban J connectivity index is 2.10. The van der Waals surface area contributed by atoms with Crippen LogP contribution in [0.1, 0.15) is 16.8 Å². The van der Waals surface area contributed by atoms with Crippen LogP contribution in [-0.2, 0) is 0 Å². The third kappa shape index (κ3) is 2.75. The fourth-order valence-electron chi connectivity index (χ4n) is 2.54. The standard InChI is InChI=1S/C19H20N2O/c1-12-5-6-15(9-13(12)2)21-19-10-14(3)20-18-8-7-16(22-4)11-17(18)19/h5-11H,1-4H3,(H,20,21). The van der Waals surface area contributed by atoms with Crippen molar-refractivity contribution in [2.24, 2.45) is 0 Å². The van der Waals surface area contributed by atoms with E-state index < -0.39 is 0 Å². The zero-order valence-corrected chi connectivity index (χ0v) is 13.4. The van der Waals surface area contributed by atoms with Crippen LogP contribution in [0.4, 0.5) is 11.4 Å². The van der Waals surface area contributed by atoms with Gasteiger partial charge in [0, 0.05) is 22.5 Å². The summed E-state index contributed by atoms with van der Waals surface area (Å²) in [4.78, 5) is 4.59. The minimum Gasteiger partial charge on any atom is -0.497 e. The second-order valence-electron chi connectivity index (χ2n) is 5.62. The molecule has 1 N–H and O–H groups in total. The molecule has 0 fully saturated rings. The van der Waals surface area contributed by atoms with E-state index in [9.17, 15) is 0 Å². The first kappa shape index (κ1) is 14.4. The summed E-state index contributed by atoms with van der Waals surface area (Å²) < 4.78 is 5.34. The Kier molecular flexibility index (Phi) is 3.72. The van der Waals surface area contributed by atoms with Crippen LogP contribution in [0.2, 0.25) is 0 Å². The smallest absolute Gasteiger partial charge is 0.119 e. The maximum atomic E-state index is 5.34. The van der Waals surface area contributed by atoms with Crippen LogP contribution >= 0.6 is 0 Å². The lowest BCUT2D eigenvalue weighted by Gasteiger charge is -2.13. The number of methoxy groups -OCH3 is 1. The second kappa shape index (κ2) is 5.68. The molecular weight excluding hydrogens is 272 g/mol. The van der Waals surface area contributed by atoms with Crippen LogP contribution in [0, 0.1) is 20.8 Å². The maximum Gasteiger partial charge on any atom is 0.119 e. The van der Waals surface area contributed by atoms with Crippen LogP contribution in [0.5, 0.6) is 5.75 Å². The monoisotopic (exact) mass is 292 g/mol. The molecule has 0 radical (unpaired) electrons. The van der Waals surface area contributed by atoms with Gasteiger partial charge in [-0.05, 0) is 68.3 Å². The number of nitrogens with zero attached hydrogens (tertiary/aromatic N) is 1. The molecule has 0 atom stereocenters. The molecule has 22 heavy (non-hydrogen) atoms. The van der Waals surface area contributed by atoms with Crippen molar-refractivity contribution in [3.63, 3.8) is 0 Å². The molecule has 3 heteroatoms. The number of nitrogens with one attached hydrogen (secondary N) is 1. The van der Waals surface area contributed by atoms with Gasteiger partial charge < -0.3 is 10.1 Å². The fourth-order valence-corrected chi connectivity index (χ4v) is 2.54. The van der Waals surface area contributed by atoms with Crippen molar-refractivity contribution in [3.05, 3.63) is 59.3 Å². The molecule has 1 heterocycles. The van der Waals surface area contributed by atoms with Gasteiger partial charge in [0.25, 0.3) is 0 Å². The molecule has 2 aromatic carbocycles. The number of hydrogen-bond acceptors (Lipinski definition) is 3. The lowest BCUT2D eigenvalue weighted by molar-refractivity contribution is 0.415. The SMILES string of the molecule is COc1ccc2nc(C)cc(Nc3ccc(C)c(C)c3)c2c1. The predicted octanol–water partition coefficient (Wildman–Crippen LogP) is 4.91. The van der Waals surface area contributed by atoms with Crippen LogP contribution in [0.3, 0.4) is 0 Å². The Bertz CT molecular complexity index is 840. The molecule has 0 saturated carbocycles. The van der Waals surface area contributed by atoms with Gasteiger partial charge in [-0.15, -0.1) is 0 Å². The minimum atomic E-state index is 0.835. The number of pyridine rings is 1. The first-order valence-corrected chi connectivity index (χ1v) is 7.36. The first-order chi connectivity index (χ1) is 10.6. The van der Waals surface area contributed by atoms with Gasteiger partial charge in [0.2, 0.25) is 0 Å². The molecule has 0 spiro atoms. The van der Waals surface area contributed by atoms with Gasteiger partial charge in [-0.3, -0.25) is 4.98 Å². The Labute approximate surface area is 131 Å². The Hall–Kier alpha value is -2.55. The summed E-state index contributed by atoms with van der Waals surface area (Å²) in [6.45, 7) is 6.25. The summed E-state index contributed by atoms with van der Waals surface area (Å²) in [5, 5.41) is 4.57.